The van der Waals surface area contributed by atoms with Crippen molar-refractivity contribution in [2.75, 3.05) is 11.9 Å². The first-order valence-electron chi connectivity index (χ1n) is 6.41. The Morgan fingerprint density at radius 2 is 2.20 bits per heavy atom. The number of aliphatic carboxylic acids is 1. The van der Waals surface area contributed by atoms with Gasteiger partial charge >= 0.3 is 5.97 Å². The van der Waals surface area contributed by atoms with E-state index < -0.39 is 16.4 Å². The fourth-order valence-electron chi connectivity index (χ4n) is 1.86. The van der Waals surface area contributed by atoms with Gasteiger partial charge < -0.3 is 15.2 Å². The number of non-ortho nitro benzene ring substituents is 1. The lowest BCUT2D eigenvalue weighted by Gasteiger charge is -2.15. The number of carboxylic acids is 1. The van der Waals surface area contributed by atoms with Crippen molar-refractivity contribution in [1.29, 1.82) is 0 Å². The standard InChI is InChI=1S/C13H16N2O5/c1-2-5-20-11-7-9(6-10(8-11)15(18)19)14-13(3-4-13)12(16)17/h6-8,14H,2-5H2,1H3,(H,16,17). The largest absolute Gasteiger partial charge is 0.493 e. The van der Waals surface area contributed by atoms with Crippen LogP contribution in [-0.2, 0) is 4.79 Å². The van der Waals surface area contributed by atoms with E-state index in [-0.39, 0.29) is 5.69 Å². The predicted octanol–water partition coefficient (Wildman–Crippen LogP) is 2.41. The number of hydrogen-bond donors (Lipinski definition) is 2. The number of nitro groups is 1. The summed E-state index contributed by atoms with van der Waals surface area (Å²) in [4.78, 5) is 21.5. The van der Waals surface area contributed by atoms with Gasteiger partial charge in [-0.05, 0) is 19.3 Å². The predicted molar refractivity (Wildman–Crippen MR) is 72.1 cm³/mol. The summed E-state index contributed by atoms with van der Waals surface area (Å²) in [6.07, 6.45) is 1.80. The van der Waals surface area contributed by atoms with Gasteiger partial charge in [0.1, 0.15) is 11.3 Å². The van der Waals surface area contributed by atoms with E-state index in [1.165, 1.54) is 12.1 Å². The van der Waals surface area contributed by atoms with Gasteiger partial charge in [-0.25, -0.2) is 4.79 Å². The zero-order chi connectivity index (χ0) is 14.8. The molecule has 2 rings (SSSR count). The Labute approximate surface area is 115 Å². The zero-order valence-corrected chi connectivity index (χ0v) is 11.1. The second-order valence-corrected chi connectivity index (χ2v) is 4.83. The first-order valence-corrected chi connectivity index (χ1v) is 6.41. The Kier molecular flexibility index (Phi) is 3.78. The summed E-state index contributed by atoms with van der Waals surface area (Å²) in [7, 11) is 0. The van der Waals surface area contributed by atoms with Gasteiger partial charge in [-0.3, -0.25) is 10.1 Å². The highest BCUT2D eigenvalue weighted by Crippen LogP contribution is 2.40. The van der Waals surface area contributed by atoms with Gasteiger partial charge in [0.15, 0.2) is 0 Å². The average molecular weight is 280 g/mol. The van der Waals surface area contributed by atoms with Crippen LogP contribution < -0.4 is 10.1 Å². The van der Waals surface area contributed by atoms with Gasteiger partial charge in [-0.2, -0.15) is 0 Å². The van der Waals surface area contributed by atoms with Gasteiger partial charge in [0, 0.05) is 17.8 Å². The highest BCUT2D eigenvalue weighted by atomic mass is 16.6. The number of ether oxygens (including phenoxy) is 1. The summed E-state index contributed by atoms with van der Waals surface area (Å²) >= 11 is 0. The van der Waals surface area contributed by atoms with E-state index in [1.807, 2.05) is 6.92 Å². The van der Waals surface area contributed by atoms with Crippen molar-refractivity contribution >= 4 is 17.3 Å². The normalized spacial score (nSPS) is 15.4. The molecule has 108 valence electrons. The van der Waals surface area contributed by atoms with Gasteiger partial charge in [0.05, 0.1) is 17.6 Å². The first kappa shape index (κ1) is 14.1. The molecule has 0 aromatic heterocycles. The summed E-state index contributed by atoms with van der Waals surface area (Å²) in [5.41, 5.74) is -0.718. The zero-order valence-electron chi connectivity index (χ0n) is 11.1. The second kappa shape index (κ2) is 5.36. The molecule has 2 N–H and O–H groups in total. The van der Waals surface area contributed by atoms with E-state index in [1.54, 1.807) is 6.07 Å². The number of carboxylic acid groups (broad SMARTS) is 1. The summed E-state index contributed by atoms with van der Waals surface area (Å²) < 4.78 is 5.39. The number of nitrogens with one attached hydrogen (secondary N) is 1. The minimum Gasteiger partial charge on any atom is -0.493 e. The van der Waals surface area contributed by atoms with Crippen molar-refractivity contribution in [3.05, 3.63) is 28.3 Å². The smallest absolute Gasteiger partial charge is 0.329 e. The Balaban J connectivity index is 2.25. The van der Waals surface area contributed by atoms with E-state index in [2.05, 4.69) is 5.32 Å². The van der Waals surface area contributed by atoms with Crippen LogP contribution in [-0.4, -0.2) is 28.1 Å². The molecule has 20 heavy (non-hydrogen) atoms. The van der Waals surface area contributed by atoms with Crippen molar-refractivity contribution in [2.24, 2.45) is 0 Å². The third-order valence-corrected chi connectivity index (χ3v) is 3.12. The molecular weight excluding hydrogens is 264 g/mol. The minimum absolute atomic E-state index is 0.123. The topological polar surface area (TPSA) is 102 Å². The number of nitro benzene ring substituents is 1. The Bertz CT molecular complexity index is 540. The molecule has 0 bridgehead atoms. The minimum atomic E-state index is -0.989. The number of rotatable bonds is 7. The maximum absolute atomic E-state index is 11.1. The van der Waals surface area contributed by atoms with E-state index in [9.17, 15) is 14.9 Å². The maximum atomic E-state index is 11.1. The molecule has 0 radical (unpaired) electrons. The highest BCUT2D eigenvalue weighted by molar-refractivity contribution is 5.86. The van der Waals surface area contributed by atoms with Gasteiger partial charge in [0.25, 0.3) is 5.69 Å². The molecule has 1 fully saturated rings. The Hall–Kier alpha value is -2.31. The number of hydrogen-bond acceptors (Lipinski definition) is 5. The van der Waals surface area contributed by atoms with Crippen LogP contribution >= 0.6 is 0 Å². The van der Waals surface area contributed by atoms with Crippen LogP contribution in [0.3, 0.4) is 0 Å². The van der Waals surface area contributed by atoms with E-state index in [0.29, 0.717) is 30.9 Å². The fourth-order valence-corrected chi connectivity index (χ4v) is 1.86. The van der Waals surface area contributed by atoms with Gasteiger partial charge in [-0.1, -0.05) is 6.92 Å². The van der Waals surface area contributed by atoms with Crippen LogP contribution in [0.25, 0.3) is 0 Å². The molecular formula is C13H16N2O5. The third-order valence-electron chi connectivity index (χ3n) is 3.12. The molecule has 1 aromatic carbocycles. The first-order chi connectivity index (χ1) is 9.47. The number of anilines is 1. The van der Waals surface area contributed by atoms with Crippen LogP contribution in [0.5, 0.6) is 5.75 Å². The number of nitrogens with zero attached hydrogens (tertiary/aromatic N) is 1. The van der Waals surface area contributed by atoms with Crippen LogP contribution in [0.1, 0.15) is 26.2 Å². The lowest BCUT2D eigenvalue weighted by atomic mass is 10.2. The lowest BCUT2D eigenvalue weighted by Crippen LogP contribution is -2.31. The van der Waals surface area contributed by atoms with E-state index >= 15 is 0 Å². The Morgan fingerprint density at radius 3 is 2.70 bits per heavy atom. The molecule has 0 aliphatic heterocycles. The molecule has 1 saturated carbocycles. The van der Waals surface area contributed by atoms with Crippen molar-refractivity contribution in [3.63, 3.8) is 0 Å². The highest BCUT2D eigenvalue weighted by Gasteiger charge is 2.50. The van der Waals surface area contributed by atoms with E-state index in [0.717, 1.165) is 6.42 Å². The fraction of sp³-hybridized carbons (Fsp3) is 0.462. The van der Waals surface area contributed by atoms with E-state index in [4.69, 9.17) is 9.84 Å². The quantitative estimate of drug-likeness (QED) is 0.587. The molecule has 1 aromatic rings. The molecule has 0 saturated heterocycles. The van der Waals surface area contributed by atoms with Gasteiger partial charge in [-0.15, -0.1) is 0 Å². The molecule has 1 aliphatic rings. The summed E-state index contributed by atoms with van der Waals surface area (Å²) in [6.45, 7) is 2.38. The van der Waals surface area contributed by atoms with Crippen molar-refractivity contribution in [3.8, 4) is 5.75 Å². The molecule has 0 heterocycles. The Morgan fingerprint density at radius 1 is 1.50 bits per heavy atom. The van der Waals surface area contributed by atoms with Crippen molar-refractivity contribution in [2.45, 2.75) is 31.7 Å². The maximum Gasteiger partial charge on any atom is 0.329 e. The number of benzene rings is 1. The van der Waals surface area contributed by atoms with Crippen molar-refractivity contribution < 1.29 is 19.6 Å². The molecule has 0 atom stereocenters. The molecule has 1 aliphatic carbocycles. The molecule has 0 unspecified atom stereocenters. The van der Waals surface area contributed by atoms with Crippen LogP contribution in [0, 0.1) is 10.1 Å². The van der Waals surface area contributed by atoms with Gasteiger partial charge in [0.2, 0.25) is 0 Å². The SMILES string of the molecule is CCCOc1cc(NC2(C(=O)O)CC2)cc([N+](=O)[O-])c1. The molecule has 0 spiro atoms. The lowest BCUT2D eigenvalue weighted by molar-refractivity contribution is -0.384. The third kappa shape index (κ3) is 2.98. The second-order valence-electron chi connectivity index (χ2n) is 4.83. The average Bonchev–Trinajstić information content (AvgIpc) is 3.17. The van der Waals surface area contributed by atoms with Crippen LogP contribution in [0.15, 0.2) is 18.2 Å². The van der Waals surface area contributed by atoms with Crippen LogP contribution in [0.2, 0.25) is 0 Å². The molecule has 7 nitrogen and oxygen atoms in total. The number of carbonyl (C=O) groups is 1. The molecule has 7 heteroatoms. The summed E-state index contributed by atoms with van der Waals surface area (Å²) in [5, 5.41) is 22.9. The summed E-state index contributed by atoms with van der Waals surface area (Å²) in [5.74, 6) is -0.579. The van der Waals surface area contributed by atoms with Crippen molar-refractivity contribution in [1.82, 2.24) is 0 Å². The molecule has 0 amide bonds. The summed E-state index contributed by atoms with van der Waals surface area (Å²) in [6, 6.07) is 4.24. The van der Waals surface area contributed by atoms with Crippen LogP contribution in [0.4, 0.5) is 11.4 Å². The monoisotopic (exact) mass is 280 g/mol.